The van der Waals surface area contributed by atoms with E-state index in [1.807, 2.05) is 6.20 Å². The standard InChI is InChI=1S/C41H23N/c1-2-11-25(12-3-1)35-32-18-8-16-28-27-14-6-7-15-29(27)38(37(28)32)40-34-21-20-31(30-17-9-19-33(36(30)34)39(35)40)41-26-13-5-4-10-24(26)22-23-42-41/h1-23H. The molecule has 1 heteroatoms. The van der Waals surface area contributed by atoms with Gasteiger partial charge in [-0.05, 0) is 87.2 Å². The molecule has 10 aromatic rings. The zero-order valence-corrected chi connectivity index (χ0v) is 22.7. The Morgan fingerprint density at radius 2 is 0.952 bits per heavy atom. The van der Waals surface area contributed by atoms with Gasteiger partial charge in [-0.25, -0.2) is 0 Å². The van der Waals surface area contributed by atoms with E-state index >= 15 is 0 Å². The molecule has 1 nitrogen and oxygen atoms in total. The molecule has 10 rings (SSSR count). The van der Waals surface area contributed by atoms with Crippen LogP contribution in [0.15, 0.2) is 140 Å². The number of hydrogen-bond donors (Lipinski definition) is 0. The van der Waals surface area contributed by atoms with Gasteiger partial charge in [0.1, 0.15) is 0 Å². The first-order valence-corrected chi connectivity index (χ1v) is 14.6. The summed E-state index contributed by atoms with van der Waals surface area (Å²) in [5, 5.41) is 18.4. The fourth-order valence-electron chi connectivity index (χ4n) is 7.78. The quantitative estimate of drug-likeness (QED) is 0.217. The van der Waals surface area contributed by atoms with E-state index in [0.29, 0.717) is 0 Å². The highest BCUT2D eigenvalue weighted by Gasteiger charge is 2.25. The van der Waals surface area contributed by atoms with E-state index in [1.54, 1.807) is 0 Å². The van der Waals surface area contributed by atoms with E-state index < -0.39 is 0 Å². The maximum atomic E-state index is 4.94. The van der Waals surface area contributed by atoms with Crippen LogP contribution in [0.2, 0.25) is 0 Å². The van der Waals surface area contributed by atoms with Crippen LogP contribution in [0.4, 0.5) is 0 Å². The lowest BCUT2D eigenvalue weighted by molar-refractivity contribution is 1.36. The summed E-state index contributed by atoms with van der Waals surface area (Å²) in [6.07, 6.45) is 1.94. The van der Waals surface area contributed by atoms with Crippen molar-refractivity contribution >= 4 is 75.4 Å². The van der Waals surface area contributed by atoms with Gasteiger partial charge in [0.05, 0.1) is 5.69 Å². The lowest BCUT2D eigenvalue weighted by atomic mass is 9.90. The first-order valence-electron chi connectivity index (χ1n) is 14.6. The molecule has 0 saturated heterocycles. The Morgan fingerprint density at radius 1 is 0.333 bits per heavy atom. The van der Waals surface area contributed by atoms with Crippen molar-refractivity contribution in [2.24, 2.45) is 0 Å². The lowest BCUT2D eigenvalue weighted by Crippen LogP contribution is -1.87. The minimum Gasteiger partial charge on any atom is -0.256 e. The molecular weight excluding hydrogens is 506 g/mol. The molecule has 1 heterocycles. The molecule has 0 spiro atoms. The number of hydrogen-bond acceptors (Lipinski definition) is 1. The molecule has 0 unspecified atom stereocenters. The normalized spacial score (nSPS) is 12.3. The van der Waals surface area contributed by atoms with E-state index in [0.717, 1.165) is 5.69 Å². The van der Waals surface area contributed by atoms with Gasteiger partial charge in [-0.15, -0.1) is 0 Å². The number of rotatable bonds is 2. The molecular formula is C41H23N. The molecule has 0 aliphatic heterocycles. The Balaban J connectivity index is 1.49. The largest absolute Gasteiger partial charge is 0.256 e. The van der Waals surface area contributed by atoms with Crippen molar-refractivity contribution in [1.29, 1.82) is 0 Å². The molecule has 0 atom stereocenters. The Kier molecular flexibility index (Phi) is 4.24. The third kappa shape index (κ3) is 2.71. The van der Waals surface area contributed by atoms with E-state index in [4.69, 9.17) is 4.98 Å². The third-order valence-corrected chi connectivity index (χ3v) is 9.39. The SMILES string of the molecule is c1ccc(-c2c3cccc4c5ccccc5c(c34)c3c4ccc(-c5nccc6ccccc56)c5cccc(c23)c54)cc1. The molecule has 0 aliphatic rings. The summed E-state index contributed by atoms with van der Waals surface area (Å²) in [5.41, 5.74) is 4.81. The Labute approximate surface area is 241 Å². The molecule has 0 N–H and O–H groups in total. The summed E-state index contributed by atoms with van der Waals surface area (Å²) in [6.45, 7) is 0. The average Bonchev–Trinajstić information content (AvgIpc) is 3.57. The number of fused-ring (bicyclic) bond motifs is 8. The average molecular weight is 530 g/mol. The summed E-state index contributed by atoms with van der Waals surface area (Å²) in [6, 6.07) is 48.9. The lowest BCUT2D eigenvalue weighted by Gasteiger charge is -2.12. The minimum atomic E-state index is 1.04. The number of benzene rings is 7. The summed E-state index contributed by atoms with van der Waals surface area (Å²) in [5.74, 6) is 0. The van der Waals surface area contributed by atoms with Gasteiger partial charge in [0, 0.05) is 17.1 Å². The molecule has 9 aromatic carbocycles. The Hall–Kier alpha value is -5.53. The molecule has 0 amide bonds. The molecule has 192 valence electrons. The van der Waals surface area contributed by atoms with Gasteiger partial charge in [-0.2, -0.15) is 0 Å². The minimum absolute atomic E-state index is 1.04. The Bertz CT molecular complexity index is 2660. The number of pyridine rings is 1. The summed E-state index contributed by atoms with van der Waals surface area (Å²) >= 11 is 0. The number of nitrogens with zero attached hydrogens (tertiary/aromatic N) is 1. The zero-order chi connectivity index (χ0) is 27.4. The first kappa shape index (κ1) is 22.2. The van der Waals surface area contributed by atoms with Gasteiger partial charge >= 0.3 is 0 Å². The van der Waals surface area contributed by atoms with E-state index in [1.165, 1.54) is 92.1 Å². The second-order valence-electron chi connectivity index (χ2n) is 11.4. The molecule has 1 aromatic heterocycles. The van der Waals surface area contributed by atoms with Gasteiger partial charge < -0.3 is 0 Å². The summed E-state index contributed by atoms with van der Waals surface area (Å²) < 4.78 is 0. The van der Waals surface area contributed by atoms with Crippen LogP contribution in [-0.2, 0) is 0 Å². The van der Waals surface area contributed by atoms with Crippen molar-refractivity contribution in [3.8, 4) is 22.4 Å². The third-order valence-electron chi connectivity index (χ3n) is 9.39. The van der Waals surface area contributed by atoms with Crippen molar-refractivity contribution < 1.29 is 0 Å². The van der Waals surface area contributed by atoms with Crippen LogP contribution in [0.3, 0.4) is 0 Å². The van der Waals surface area contributed by atoms with Crippen molar-refractivity contribution in [3.05, 3.63) is 140 Å². The topological polar surface area (TPSA) is 12.9 Å². The van der Waals surface area contributed by atoms with Crippen molar-refractivity contribution in [2.75, 3.05) is 0 Å². The highest BCUT2D eigenvalue weighted by molar-refractivity contribution is 6.48. The molecule has 0 aliphatic carbocycles. The van der Waals surface area contributed by atoms with Crippen molar-refractivity contribution in [1.82, 2.24) is 4.98 Å². The van der Waals surface area contributed by atoms with Crippen LogP contribution in [0, 0.1) is 0 Å². The van der Waals surface area contributed by atoms with Crippen LogP contribution in [0.25, 0.3) is 97.8 Å². The monoisotopic (exact) mass is 529 g/mol. The van der Waals surface area contributed by atoms with Crippen LogP contribution in [0.1, 0.15) is 0 Å². The van der Waals surface area contributed by atoms with Crippen LogP contribution in [-0.4, -0.2) is 4.98 Å². The first-order chi connectivity index (χ1) is 20.9. The van der Waals surface area contributed by atoms with Crippen molar-refractivity contribution in [2.45, 2.75) is 0 Å². The molecule has 0 saturated carbocycles. The van der Waals surface area contributed by atoms with Gasteiger partial charge in [-0.1, -0.05) is 127 Å². The highest BCUT2D eigenvalue weighted by atomic mass is 14.7. The predicted molar refractivity (Wildman–Crippen MR) is 180 cm³/mol. The second-order valence-corrected chi connectivity index (χ2v) is 11.4. The zero-order valence-electron chi connectivity index (χ0n) is 22.7. The molecule has 0 radical (unpaired) electrons. The highest BCUT2D eigenvalue weighted by Crippen LogP contribution is 2.53. The van der Waals surface area contributed by atoms with E-state index in [9.17, 15) is 0 Å². The van der Waals surface area contributed by atoms with Gasteiger partial charge in [0.25, 0.3) is 0 Å². The van der Waals surface area contributed by atoms with Crippen LogP contribution >= 0.6 is 0 Å². The summed E-state index contributed by atoms with van der Waals surface area (Å²) in [4.78, 5) is 4.94. The fraction of sp³-hybridized carbons (Fsp3) is 0. The van der Waals surface area contributed by atoms with Crippen LogP contribution in [0.5, 0.6) is 0 Å². The second kappa shape index (κ2) is 8.02. The van der Waals surface area contributed by atoms with E-state index in [-0.39, 0.29) is 0 Å². The van der Waals surface area contributed by atoms with Gasteiger partial charge in [0.2, 0.25) is 0 Å². The maximum Gasteiger partial charge on any atom is 0.0786 e. The molecule has 0 fully saturated rings. The van der Waals surface area contributed by atoms with Gasteiger partial charge in [-0.3, -0.25) is 4.98 Å². The smallest absolute Gasteiger partial charge is 0.0786 e. The molecule has 42 heavy (non-hydrogen) atoms. The van der Waals surface area contributed by atoms with Gasteiger partial charge in [0.15, 0.2) is 0 Å². The Morgan fingerprint density at radius 3 is 1.83 bits per heavy atom. The van der Waals surface area contributed by atoms with E-state index in [2.05, 4.69) is 133 Å². The fourth-order valence-corrected chi connectivity index (χ4v) is 7.78. The predicted octanol–water partition coefficient (Wildman–Crippen LogP) is 11.4. The van der Waals surface area contributed by atoms with Crippen LogP contribution < -0.4 is 0 Å². The summed E-state index contributed by atoms with van der Waals surface area (Å²) in [7, 11) is 0. The maximum absolute atomic E-state index is 4.94. The number of aromatic nitrogens is 1. The van der Waals surface area contributed by atoms with Crippen molar-refractivity contribution in [3.63, 3.8) is 0 Å². The molecule has 0 bridgehead atoms.